The van der Waals surface area contributed by atoms with Crippen molar-refractivity contribution in [3.8, 4) is 0 Å². The molecule has 0 aromatic heterocycles. The van der Waals surface area contributed by atoms with Crippen molar-refractivity contribution >= 4 is 17.8 Å². The first-order valence-corrected chi connectivity index (χ1v) is 5.01. The third kappa shape index (κ3) is 2.06. The van der Waals surface area contributed by atoms with Gasteiger partial charge in [-0.2, -0.15) is 0 Å². The number of ether oxygens (including phenoxy) is 1. The number of carbonyl (C=O) groups is 3. The van der Waals surface area contributed by atoms with Crippen LogP contribution in [-0.4, -0.2) is 47.5 Å². The van der Waals surface area contributed by atoms with Crippen molar-refractivity contribution in [3.05, 3.63) is 0 Å². The third-order valence-corrected chi connectivity index (χ3v) is 2.97. The number of likely N-dealkylation sites (tertiary alicyclic amines) is 1. The maximum atomic E-state index is 11.7. The number of carboxylic acid groups (broad SMARTS) is 1. The molecule has 0 aliphatic carbocycles. The van der Waals surface area contributed by atoms with Crippen LogP contribution in [0.3, 0.4) is 0 Å². The lowest BCUT2D eigenvalue weighted by molar-refractivity contribution is -0.152. The highest BCUT2D eigenvalue weighted by molar-refractivity contribution is 6.05. The quantitative estimate of drug-likeness (QED) is 0.671. The SMILES string of the molecule is COC(CN1C(=O)C(C)C(C)C1=O)C(=O)O. The number of amides is 2. The number of rotatable bonds is 4. The van der Waals surface area contributed by atoms with Crippen LogP contribution in [0.1, 0.15) is 13.8 Å². The number of nitrogens with zero attached hydrogens (tertiary/aromatic N) is 1. The van der Waals surface area contributed by atoms with Crippen LogP contribution in [0.25, 0.3) is 0 Å². The minimum Gasteiger partial charge on any atom is -0.479 e. The van der Waals surface area contributed by atoms with Crippen LogP contribution in [0.5, 0.6) is 0 Å². The molecule has 0 aromatic rings. The Morgan fingerprint density at radius 2 is 1.81 bits per heavy atom. The Kier molecular flexibility index (Phi) is 3.64. The fraction of sp³-hybridized carbons (Fsp3) is 0.700. The van der Waals surface area contributed by atoms with E-state index in [-0.39, 0.29) is 30.2 Å². The Morgan fingerprint density at radius 1 is 1.38 bits per heavy atom. The van der Waals surface area contributed by atoms with Gasteiger partial charge in [-0.15, -0.1) is 0 Å². The predicted octanol–water partition coefficient (Wildman–Crippen LogP) is -0.273. The first-order valence-electron chi connectivity index (χ1n) is 5.01. The highest BCUT2D eigenvalue weighted by Crippen LogP contribution is 2.25. The second-order valence-corrected chi connectivity index (χ2v) is 3.93. The van der Waals surface area contributed by atoms with Crippen molar-refractivity contribution in [2.45, 2.75) is 20.0 Å². The van der Waals surface area contributed by atoms with E-state index in [0.717, 1.165) is 4.90 Å². The molecular formula is C10H15NO5. The summed E-state index contributed by atoms with van der Waals surface area (Å²) in [4.78, 5) is 35.0. The molecule has 1 rings (SSSR count). The zero-order valence-electron chi connectivity index (χ0n) is 9.47. The smallest absolute Gasteiger partial charge is 0.334 e. The van der Waals surface area contributed by atoms with Gasteiger partial charge >= 0.3 is 5.97 Å². The van der Waals surface area contributed by atoms with Crippen LogP contribution >= 0.6 is 0 Å². The van der Waals surface area contributed by atoms with E-state index >= 15 is 0 Å². The summed E-state index contributed by atoms with van der Waals surface area (Å²) >= 11 is 0. The second-order valence-electron chi connectivity index (χ2n) is 3.93. The van der Waals surface area contributed by atoms with E-state index < -0.39 is 12.1 Å². The van der Waals surface area contributed by atoms with Crippen LogP contribution in [0.4, 0.5) is 0 Å². The van der Waals surface area contributed by atoms with Crippen LogP contribution in [0, 0.1) is 11.8 Å². The van der Waals surface area contributed by atoms with Crippen LogP contribution in [-0.2, 0) is 19.1 Å². The monoisotopic (exact) mass is 229 g/mol. The van der Waals surface area contributed by atoms with Gasteiger partial charge in [-0.3, -0.25) is 14.5 Å². The Labute approximate surface area is 93.2 Å². The number of aliphatic carboxylic acids is 1. The van der Waals surface area contributed by atoms with Crippen LogP contribution < -0.4 is 0 Å². The van der Waals surface area contributed by atoms with Crippen molar-refractivity contribution in [1.82, 2.24) is 4.90 Å². The largest absolute Gasteiger partial charge is 0.479 e. The summed E-state index contributed by atoms with van der Waals surface area (Å²) in [6, 6.07) is 0. The maximum Gasteiger partial charge on any atom is 0.334 e. The number of imide groups is 1. The van der Waals surface area contributed by atoms with E-state index in [1.165, 1.54) is 7.11 Å². The molecule has 1 aliphatic rings. The summed E-state index contributed by atoms with van der Waals surface area (Å²) in [5.74, 6) is -2.63. The lowest BCUT2D eigenvalue weighted by Gasteiger charge is -2.18. The Morgan fingerprint density at radius 3 is 2.12 bits per heavy atom. The number of carbonyl (C=O) groups excluding carboxylic acids is 2. The zero-order chi connectivity index (χ0) is 12.5. The molecule has 1 saturated heterocycles. The van der Waals surface area contributed by atoms with E-state index in [1.54, 1.807) is 13.8 Å². The standard InChI is InChI=1S/C10H15NO5/c1-5-6(2)9(13)11(8(5)12)4-7(16-3)10(14)15/h5-7H,4H2,1-3H3,(H,14,15). The summed E-state index contributed by atoms with van der Waals surface area (Å²) in [7, 11) is 1.23. The second kappa shape index (κ2) is 4.61. The van der Waals surface area contributed by atoms with E-state index in [9.17, 15) is 14.4 Å². The topological polar surface area (TPSA) is 83.9 Å². The van der Waals surface area contributed by atoms with Gasteiger partial charge in [-0.25, -0.2) is 4.79 Å². The number of methoxy groups -OCH3 is 1. The number of hydrogen-bond acceptors (Lipinski definition) is 4. The Balaban J connectivity index is 2.78. The highest BCUT2D eigenvalue weighted by Gasteiger charge is 2.43. The summed E-state index contributed by atoms with van der Waals surface area (Å²) in [6.07, 6.45) is -1.16. The van der Waals surface area contributed by atoms with E-state index in [2.05, 4.69) is 0 Å². The average molecular weight is 229 g/mol. The molecule has 1 aliphatic heterocycles. The summed E-state index contributed by atoms with van der Waals surface area (Å²) in [5.41, 5.74) is 0. The minimum absolute atomic E-state index is 0.224. The fourth-order valence-corrected chi connectivity index (χ4v) is 1.63. The average Bonchev–Trinajstić information content (AvgIpc) is 2.41. The third-order valence-electron chi connectivity index (χ3n) is 2.97. The molecule has 0 radical (unpaired) electrons. The number of hydrogen-bond donors (Lipinski definition) is 1. The van der Waals surface area contributed by atoms with Crippen molar-refractivity contribution in [2.75, 3.05) is 13.7 Å². The molecule has 1 fully saturated rings. The molecular weight excluding hydrogens is 214 g/mol. The molecule has 6 nitrogen and oxygen atoms in total. The Hall–Kier alpha value is -1.43. The Bertz CT molecular complexity index is 307. The van der Waals surface area contributed by atoms with Crippen LogP contribution in [0.2, 0.25) is 0 Å². The molecule has 16 heavy (non-hydrogen) atoms. The van der Waals surface area contributed by atoms with E-state index in [0.29, 0.717) is 0 Å². The molecule has 2 amide bonds. The van der Waals surface area contributed by atoms with Gasteiger partial charge in [0.2, 0.25) is 11.8 Å². The summed E-state index contributed by atoms with van der Waals surface area (Å²) < 4.78 is 4.70. The van der Waals surface area contributed by atoms with Crippen LogP contribution in [0.15, 0.2) is 0 Å². The van der Waals surface area contributed by atoms with Gasteiger partial charge < -0.3 is 9.84 Å². The molecule has 90 valence electrons. The molecule has 3 atom stereocenters. The summed E-state index contributed by atoms with van der Waals surface area (Å²) in [5, 5.41) is 8.76. The van der Waals surface area contributed by atoms with Crippen molar-refractivity contribution < 1.29 is 24.2 Å². The molecule has 1 N–H and O–H groups in total. The lowest BCUT2D eigenvalue weighted by atomic mass is 10.00. The van der Waals surface area contributed by atoms with Gasteiger partial charge in [0.25, 0.3) is 0 Å². The summed E-state index contributed by atoms with van der Waals surface area (Å²) in [6.45, 7) is 3.10. The molecule has 0 saturated carbocycles. The molecule has 1 heterocycles. The normalized spacial score (nSPS) is 27.3. The first-order chi connectivity index (χ1) is 7.40. The minimum atomic E-state index is -1.18. The van der Waals surface area contributed by atoms with Crippen molar-refractivity contribution in [3.63, 3.8) is 0 Å². The molecule has 3 unspecified atom stereocenters. The van der Waals surface area contributed by atoms with Gasteiger partial charge in [0, 0.05) is 18.9 Å². The number of carboxylic acids is 1. The van der Waals surface area contributed by atoms with Gasteiger partial charge in [-0.05, 0) is 0 Å². The van der Waals surface area contributed by atoms with Crippen molar-refractivity contribution in [1.29, 1.82) is 0 Å². The predicted molar refractivity (Wildman–Crippen MR) is 53.5 cm³/mol. The molecule has 0 spiro atoms. The zero-order valence-corrected chi connectivity index (χ0v) is 9.47. The van der Waals surface area contributed by atoms with Crippen molar-refractivity contribution in [2.24, 2.45) is 11.8 Å². The maximum absolute atomic E-state index is 11.7. The molecule has 6 heteroatoms. The van der Waals surface area contributed by atoms with E-state index in [1.807, 2.05) is 0 Å². The highest BCUT2D eigenvalue weighted by atomic mass is 16.5. The van der Waals surface area contributed by atoms with Gasteiger partial charge in [0.15, 0.2) is 6.10 Å². The molecule has 0 bridgehead atoms. The van der Waals surface area contributed by atoms with Gasteiger partial charge in [0.05, 0.1) is 6.54 Å². The first kappa shape index (κ1) is 12.6. The van der Waals surface area contributed by atoms with Gasteiger partial charge in [0.1, 0.15) is 0 Å². The van der Waals surface area contributed by atoms with Gasteiger partial charge in [-0.1, -0.05) is 13.8 Å². The molecule has 0 aromatic carbocycles. The fourth-order valence-electron chi connectivity index (χ4n) is 1.63. The van der Waals surface area contributed by atoms with E-state index in [4.69, 9.17) is 9.84 Å². The lowest BCUT2D eigenvalue weighted by Crippen LogP contribution is -2.41.